The van der Waals surface area contributed by atoms with Crippen molar-refractivity contribution in [3.05, 3.63) is 60.2 Å². The van der Waals surface area contributed by atoms with Gasteiger partial charge in [-0.05, 0) is 35.2 Å². The number of aliphatic hydroxyl groups excluding tert-OH is 1. The lowest BCUT2D eigenvalue weighted by atomic mass is 10.0. The van der Waals surface area contributed by atoms with E-state index in [0.717, 1.165) is 27.7 Å². The van der Waals surface area contributed by atoms with Crippen molar-refractivity contribution in [3.8, 4) is 0 Å². The minimum Gasteiger partial charge on any atom is -0.387 e. The first-order valence-corrected chi connectivity index (χ1v) is 8.46. The minimum atomic E-state index is -0.634. The number of aliphatic hydroxyl groups is 1. The molecule has 0 aromatic heterocycles. The first-order chi connectivity index (χ1) is 10.8. The standard InChI is InChI=1S/C18H14ClNOS/c19-10-15(21)12-6-5-11-7-8-17-18(13(11)9-12)20-14-3-1-2-4-16(14)22-17/h1-9,15,20-21H,10H2. The largest absolute Gasteiger partial charge is 0.387 e. The maximum atomic E-state index is 9.99. The average molecular weight is 328 g/mol. The molecule has 0 spiro atoms. The lowest BCUT2D eigenvalue weighted by molar-refractivity contribution is 0.203. The van der Waals surface area contributed by atoms with Crippen LogP contribution in [0.15, 0.2) is 64.4 Å². The third-order valence-electron chi connectivity index (χ3n) is 3.90. The van der Waals surface area contributed by atoms with E-state index in [9.17, 15) is 5.11 Å². The lowest BCUT2D eigenvalue weighted by Crippen LogP contribution is -2.02. The molecule has 1 aliphatic heterocycles. The van der Waals surface area contributed by atoms with Gasteiger partial charge >= 0.3 is 0 Å². The van der Waals surface area contributed by atoms with Crippen LogP contribution in [-0.2, 0) is 0 Å². The number of fused-ring (bicyclic) bond motifs is 4. The van der Waals surface area contributed by atoms with Crippen LogP contribution < -0.4 is 5.32 Å². The predicted molar refractivity (Wildman–Crippen MR) is 93.5 cm³/mol. The van der Waals surface area contributed by atoms with Gasteiger partial charge in [0.05, 0.1) is 23.4 Å². The molecule has 4 heteroatoms. The molecule has 0 bridgehead atoms. The van der Waals surface area contributed by atoms with Gasteiger partial charge in [0.25, 0.3) is 0 Å². The van der Waals surface area contributed by atoms with Crippen LogP contribution in [0.5, 0.6) is 0 Å². The number of anilines is 2. The minimum absolute atomic E-state index is 0.200. The van der Waals surface area contributed by atoms with E-state index in [4.69, 9.17) is 11.6 Å². The van der Waals surface area contributed by atoms with Crippen molar-refractivity contribution < 1.29 is 5.11 Å². The molecule has 3 aromatic carbocycles. The predicted octanol–water partition coefficient (Wildman–Crippen LogP) is 5.32. The summed E-state index contributed by atoms with van der Waals surface area (Å²) in [7, 11) is 0. The number of hydrogen-bond acceptors (Lipinski definition) is 3. The Morgan fingerprint density at radius 1 is 1.05 bits per heavy atom. The second-order valence-corrected chi connectivity index (χ2v) is 6.70. The third kappa shape index (κ3) is 2.26. The summed E-state index contributed by atoms with van der Waals surface area (Å²) in [6.07, 6.45) is -0.634. The van der Waals surface area contributed by atoms with Crippen LogP contribution in [-0.4, -0.2) is 11.0 Å². The molecule has 0 amide bonds. The van der Waals surface area contributed by atoms with Crippen LogP contribution in [0, 0.1) is 0 Å². The Hall–Kier alpha value is -1.68. The molecule has 1 unspecified atom stereocenters. The van der Waals surface area contributed by atoms with Crippen LogP contribution in [0.25, 0.3) is 10.8 Å². The molecule has 0 aliphatic carbocycles. The second-order valence-electron chi connectivity index (χ2n) is 5.31. The molecule has 110 valence electrons. The van der Waals surface area contributed by atoms with E-state index in [1.54, 1.807) is 11.8 Å². The number of nitrogens with one attached hydrogen (secondary N) is 1. The fraction of sp³-hybridized carbons (Fsp3) is 0.111. The number of rotatable bonds is 2. The monoisotopic (exact) mass is 327 g/mol. The van der Waals surface area contributed by atoms with Gasteiger partial charge in [0.2, 0.25) is 0 Å². The molecule has 0 saturated carbocycles. The molecular weight excluding hydrogens is 314 g/mol. The van der Waals surface area contributed by atoms with E-state index in [0.29, 0.717) is 0 Å². The Balaban J connectivity index is 1.89. The highest BCUT2D eigenvalue weighted by molar-refractivity contribution is 7.99. The smallest absolute Gasteiger partial charge is 0.0925 e. The summed E-state index contributed by atoms with van der Waals surface area (Å²) in [5.41, 5.74) is 3.07. The van der Waals surface area contributed by atoms with Crippen molar-refractivity contribution in [1.82, 2.24) is 0 Å². The van der Waals surface area contributed by atoms with Crippen molar-refractivity contribution >= 4 is 45.5 Å². The Labute approximate surface area is 138 Å². The molecule has 1 heterocycles. The summed E-state index contributed by atoms with van der Waals surface area (Å²) in [5.74, 6) is 0.200. The zero-order chi connectivity index (χ0) is 15.1. The Morgan fingerprint density at radius 2 is 1.86 bits per heavy atom. The number of para-hydroxylation sites is 1. The highest BCUT2D eigenvalue weighted by Gasteiger charge is 2.18. The lowest BCUT2D eigenvalue weighted by Gasteiger charge is -2.22. The second kappa shape index (κ2) is 5.51. The van der Waals surface area contributed by atoms with E-state index in [2.05, 4.69) is 35.6 Å². The summed E-state index contributed by atoms with van der Waals surface area (Å²) in [6.45, 7) is 0. The van der Waals surface area contributed by atoms with Gasteiger partial charge in [-0.15, -0.1) is 11.6 Å². The molecule has 0 saturated heterocycles. The maximum Gasteiger partial charge on any atom is 0.0925 e. The Bertz CT molecular complexity index is 865. The highest BCUT2D eigenvalue weighted by atomic mass is 35.5. The van der Waals surface area contributed by atoms with Gasteiger partial charge < -0.3 is 10.4 Å². The molecule has 2 N–H and O–H groups in total. The summed E-state index contributed by atoms with van der Waals surface area (Å²) in [6, 6.07) is 18.5. The molecule has 1 aliphatic rings. The van der Waals surface area contributed by atoms with Crippen molar-refractivity contribution in [2.75, 3.05) is 11.2 Å². The zero-order valence-electron chi connectivity index (χ0n) is 11.7. The summed E-state index contributed by atoms with van der Waals surface area (Å²) >= 11 is 7.54. The SMILES string of the molecule is OC(CCl)c1ccc2ccc3c(c2c1)Nc1ccccc1S3. The number of benzene rings is 3. The molecule has 2 nitrogen and oxygen atoms in total. The first-order valence-electron chi connectivity index (χ1n) is 7.11. The summed E-state index contributed by atoms with van der Waals surface area (Å²) in [4.78, 5) is 2.43. The van der Waals surface area contributed by atoms with Crippen LogP contribution in [0.2, 0.25) is 0 Å². The summed E-state index contributed by atoms with van der Waals surface area (Å²) in [5, 5.41) is 15.8. The molecular formula is C18H14ClNOS. The van der Waals surface area contributed by atoms with Crippen molar-refractivity contribution in [2.45, 2.75) is 15.9 Å². The fourth-order valence-electron chi connectivity index (χ4n) is 2.74. The van der Waals surface area contributed by atoms with Gasteiger partial charge in [-0.2, -0.15) is 0 Å². The van der Waals surface area contributed by atoms with Gasteiger partial charge in [-0.25, -0.2) is 0 Å². The average Bonchev–Trinajstić information content (AvgIpc) is 2.58. The topological polar surface area (TPSA) is 32.3 Å². The van der Waals surface area contributed by atoms with Crippen LogP contribution >= 0.6 is 23.4 Å². The molecule has 22 heavy (non-hydrogen) atoms. The number of halogens is 1. The maximum absolute atomic E-state index is 9.99. The van der Waals surface area contributed by atoms with E-state index in [-0.39, 0.29) is 5.88 Å². The number of alkyl halides is 1. The highest BCUT2D eigenvalue weighted by Crippen LogP contribution is 2.47. The van der Waals surface area contributed by atoms with Gasteiger partial charge in [-0.1, -0.05) is 42.1 Å². The van der Waals surface area contributed by atoms with Gasteiger partial charge in [0.15, 0.2) is 0 Å². The molecule has 4 rings (SSSR count). The van der Waals surface area contributed by atoms with E-state index >= 15 is 0 Å². The van der Waals surface area contributed by atoms with Gasteiger partial charge in [0, 0.05) is 15.2 Å². The normalized spacial score (nSPS) is 14.1. The van der Waals surface area contributed by atoms with Gasteiger partial charge in [-0.3, -0.25) is 0 Å². The molecule has 1 atom stereocenters. The fourth-order valence-corrected chi connectivity index (χ4v) is 3.93. The van der Waals surface area contributed by atoms with E-state index in [1.807, 2.05) is 24.3 Å². The zero-order valence-corrected chi connectivity index (χ0v) is 13.3. The van der Waals surface area contributed by atoms with E-state index < -0.39 is 6.10 Å². The Kier molecular flexibility index (Phi) is 3.49. The first kappa shape index (κ1) is 13.9. The van der Waals surface area contributed by atoms with Crippen LogP contribution in [0.4, 0.5) is 11.4 Å². The van der Waals surface area contributed by atoms with E-state index in [1.165, 1.54) is 9.79 Å². The quantitative estimate of drug-likeness (QED) is 0.489. The molecule has 0 fully saturated rings. The van der Waals surface area contributed by atoms with Crippen molar-refractivity contribution in [1.29, 1.82) is 0 Å². The summed E-state index contributed by atoms with van der Waals surface area (Å²) < 4.78 is 0. The van der Waals surface area contributed by atoms with Crippen LogP contribution in [0.1, 0.15) is 11.7 Å². The third-order valence-corrected chi connectivity index (χ3v) is 5.33. The van der Waals surface area contributed by atoms with Crippen molar-refractivity contribution in [3.63, 3.8) is 0 Å². The molecule has 3 aromatic rings. The van der Waals surface area contributed by atoms with Crippen molar-refractivity contribution in [2.24, 2.45) is 0 Å². The Morgan fingerprint density at radius 3 is 2.73 bits per heavy atom. The van der Waals surface area contributed by atoms with Gasteiger partial charge in [0.1, 0.15) is 0 Å². The van der Waals surface area contributed by atoms with Crippen LogP contribution in [0.3, 0.4) is 0 Å². The number of hydrogen-bond donors (Lipinski definition) is 2. The molecule has 0 radical (unpaired) electrons.